The number of pyridine rings is 1. The molecule has 0 aliphatic rings. The number of hydrogen-bond donors (Lipinski definition) is 0. The van der Waals surface area contributed by atoms with Gasteiger partial charge >= 0.3 is 0 Å². The van der Waals surface area contributed by atoms with Crippen molar-refractivity contribution in [2.75, 3.05) is 0 Å². The maximum atomic E-state index is 4.55. The van der Waals surface area contributed by atoms with Crippen LogP contribution in [0.25, 0.3) is 44.9 Å². The molecule has 4 aromatic carbocycles. The number of nitrogens with zero attached hydrogens (tertiary/aromatic N) is 3. The zero-order valence-electron chi connectivity index (χ0n) is 22.5. The first-order valence-electron chi connectivity index (χ1n) is 13.1. The summed E-state index contributed by atoms with van der Waals surface area (Å²) in [6.07, 6.45) is 6.66. The van der Waals surface area contributed by atoms with Gasteiger partial charge in [-0.1, -0.05) is 73.7 Å². The molecule has 0 fully saturated rings. The molecule has 40 heavy (non-hydrogen) atoms. The summed E-state index contributed by atoms with van der Waals surface area (Å²) in [5.41, 5.74) is 10.0. The van der Waals surface area contributed by atoms with Crippen LogP contribution < -0.4 is 0 Å². The van der Waals surface area contributed by atoms with Crippen LogP contribution in [-0.4, -0.2) is 15.0 Å². The quantitative estimate of drug-likeness (QED) is 0.170. The van der Waals surface area contributed by atoms with Gasteiger partial charge in [-0.25, -0.2) is 0 Å². The van der Waals surface area contributed by atoms with E-state index in [1.807, 2.05) is 85.3 Å². The second-order valence-corrected chi connectivity index (χ2v) is 9.15. The van der Waals surface area contributed by atoms with E-state index in [0.29, 0.717) is 0 Å². The fourth-order valence-corrected chi connectivity index (χ4v) is 4.26. The van der Waals surface area contributed by atoms with E-state index in [1.165, 1.54) is 22.3 Å². The van der Waals surface area contributed by atoms with Crippen molar-refractivity contribution >= 4 is 0 Å². The average molecular weight is 696 g/mol. The van der Waals surface area contributed by atoms with Gasteiger partial charge in [0, 0.05) is 44.3 Å². The SMILES string of the molecule is CCc1cnc(-c2[c-]ccc(-c3ccccc3)c2)nc1.Cc1cc(-c2[c-]cccc2)ncc1-c1ccccc1.[Ir]. The Kier molecular flexibility index (Phi) is 10.2. The Bertz CT molecular complexity index is 1620. The van der Waals surface area contributed by atoms with Crippen LogP contribution in [0.15, 0.2) is 128 Å². The van der Waals surface area contributed by atoms with Crippen LogP contribution in [0.3, 0.4) is 0 Å². The number of aryl methyl sites for hydroxylation is 2. The first kappa shape index (κ1) is 28.8. The molecule has 0 bridgehead atoms. The molecule has 2 heterocycles. The summed E-state index contributed by atoms with van der Waals surface area (Å²) in [5, 5.41) is 0. The van der Waals surface area contributed by atoms with Crippen molar-refractivity contribution in [3.05, 3.63) is 151 Å². The number of aromatic nitrogens is 3. The third-order valence-electron chi connectivity index (χ3n) is 6.44. The van der Waals surface area contributed by atoms with Gasteiger partial charge in [-0.3, -0.25) is 9.97 Å². The van der Waals surface area contributed by atoms with E-state index < -0.39 is 0 Å². The average Bonchev–Trinajstić information content (AvgIpc) is 3.03. The van der Waals surface area contributed by atoms with E-state index in [0.717, 1.165) is 40.2 Å². The van der Waals surface area contributed by atoms with E-state index in [9.17, 15) is 0 Å². The van der Waals surface area contributed by atoms with Gasteiger partial charge in [0.1, 0.15) is 0 Å². The second-order valence-electron chi connectivity index (χ2n) is 9.15. The molecule has 4 heteroatoms. The van der Waals surface area contributed by atoms with Gasteiger partial charge < -0.3 is 4.98 Å². The molecule has 0 atom stereocenters. The standard InChI is InChI=1S/C18H15N2.C18H14N.Ir/c1-2-14-12-19-18(20-13-14)17-10-6-9-16(11-17)15-7-4-3-5-8-15;1-14-12-18(16-10-6-3-7-11-16)19-13-17(14)15-8-4-2-5-9-15;/h3-9,11-13H,2H2,1H3;2-10,12-13H,1H3;/q2*-1;. The predicted molar refractivity (Wildman–Crippen MR) is 160 cm³/mol. The van der Waals surface area contributed by atoms with Crippen molar-refractivity contribution in [2.24, 2.45) is 0 Å². The monoisotopic (exact) mass is 696 g/mol. The number of rotatable bonds is 5. The van der Waals surface area contributed by atoms with Gasteiger partial charge in [0.05, 0.1) is 5.82 Å². The Morgan fingerprint density at radius 2 is 1.25 bits per heavy atom. The molecular formula is C36H29IrN3-2. The van der Waals surface area contributed by atoms with Crippen molar-refractivity contribution in [3.8, 4) is 44.9 Å². The van der Waals surface area contributed by atoms with Gasteiger partial charge in [-0.2, -0.15) is 0 Å². The largest absolute Gasteiger partial charge is 0.304 e. The van der Waals surface area contributed by atoms with Gasteiger partial charge in [-0.05, 0) is 41.3 Å². The maximum absolute atomic E-state index is 4.55. The molecule has 2 aromatic heterocycles. The van der Waals surface area contributed by atoms with Crippen LogP contribution in [0.5, 0.6) is 0 Å². The van der Waals surface area contributed by atoms with Crippen LogP contribution in [0.1, 0.15) is 18.1 Å². The Morgan fingerprint density at radius 1 is 0.600 bits per heavy atom. The first-order chi connectivity index (χ1) is 19.2. The van der Waals surface area contributed by atoms with Crippen molar-refractivity contribution in [2.45, 2.75) is 20.3 Å². The predicted octanol–water partition coefficient (Wildman–Crippen LogP) is 8.69. The third-order valence-corrected chi connectivity index (χ3v) is 6.44. The van der Waals surface area contributed by atoms with E-state index in [4.69, 9.17) is 0 Å². The van der Waals surface area contributed by atoms with Crippen LogP contribution in [0.4, 0.5) is 0 Å². The van der Waals surface area contributed by atoms with Crippen LogP contribution in [0, 0.1) is 19.1 Å². The molecule has 1 radical (unpaired) electrons. The maximum Gasteiger partial charge on any atom is 0.0748 e. The Balaban J connectivity index is 0.000000181. The van der Waals surface area contributed by atoms with Gasteiger partial charge in [-0.15, -0.1) is 71.3 Å². The molecule has 3 nitrogen and oxygen atoms in total. The minimum atomic E-state index is 0. The minimum Gasteiger partial charge on any atom is -0.304 e. The summed E-state index contributed by atoms with van der Waals surface area (Å²) in [6, 6.07) is 43.2. The molecular weight excluding hydrogens is 667 g/mol. The molecule has 0 aliphatic carbocycles. The summed E-state index contributed by atoms with van der Waals surface area (Å²) in [7, 11) is 0. The molecule has 0 amide bonds. The van der Waals surface area contributed by atoms with Gasteiger partial charge in [0.15, 0.2) is 0 Å². The van der Waals surface area contributed by atoms with Crippen molar-refractivity contribution in [1.29, 1.82) is 0 Å². The summed E-state index contributed by atoms with van der Waals surface area (Å²) in [5.74, 6) is 0.722. The van der Waals surface area contributed by atoms with Gasteiger partial charge in [0.2, 0.25) is 0 Å². The summed E-state index contributed by atoms with van der Waals surface area (Å²) >= 11 is 0. The van der Waals surface area contributed by atoms with E-state index >= 15 is 0 Å². The summed E-state index contributed by atoms with van der Waals surface area (Å²) < 4.78 is 0. The molecule has 199 valence electrons. The van der Waals surface area contributed by atoms with Crippen LogP contribution in [0.2, 0.25) is 0 Å². The first-order valence-corrected chi connectivity index (χ1v) is 13.1. The smallest absolute Gasteiger partial charge is 0.0748 e. The summed E-state index contributed by atoms with van der Waals surface area (Å²) in [6.45, 7) is 4.22. The van der Waals surface area contributed by atoms with E-state index in [2.05, 4.69) is 83.4 Å². The normalized spacial score (nSPS) is 10.2. The molecule has 0 spiro atoms. The van der Waals surface area contributed by atoms with Crippen LogP contribution >= 0.6 is 0 Å². The second kappa shape index (κ2) is 14.2. The molecule has 0 saturated heterocycles. The minimum absolute atomic E-state index is 0. The third kappa shape index (κ3) is 7.24. The fraction of sp³-hybridized carbons (Fsp3) is 0.0833. The van der Waals surface area contributed by atoms with Crippen LogP contribution in [-0.2, 0) is 26.5 Å². The molecule has 0 aliphatic heterocycles. The molecule has 6 aromatic rings. The van der Waals surface area contributed by atoms with Crippen molar-refractivity contribution in [3.63, 3.8) is 0 Å². The number of benzene rings is 4. The van der Waals surface area contributed by atoms with Crippen molar-refractivity contribution < 1.29 is 20.1 Å². The van der Waals surface area contributed by atoms with E-state index in [-0.39, 0.29) is 20.1 Å². The topological polar surface area (TPSA) is 38.7 Å². The van der Waals surface area contributed by atoms with Crippen molar-refractivity contribution in [1.82, 2.24) is 15.0 Å². The Morgan fingerprint density at radius 3 is 1.88 bits per heavy atom. The molecule has 6 rings (SSSR count). The fourth-order valence-electron chi connectivity index (χ4n) is 4.26. The Labute approximate surface area is 250 Å². The molecule has 0 unspecified atom stereocenters. The zero-order chi connectivity index (χ0) is 26.9. The summed E-state index contributed by atoms with van der Waals surface area (Å²) in [4.78, 5) is 13.4. The number of hydrogen-bond acceptors (Lipinski definition) is 3. The zero-order valence-corrected chi connectivity index (χ0v) is 24.9. The van der Waals surface area contributed by atoms with Gasteiger partial charge in [0.25, 0.3) is 0 Å². The Hall–Kier alpha value is -4.24. The van der Waals surface area contributed by atoms with E-state index in [1.54, 1.807) is 0 Å². The molecule has 0 N–H and O–H groups in total. The molecule has 0 saturated carbocycles.